The monoisotopic (exact) mass is 269 g/mol. The lowest BCUT2D eigenvalue weighted by Crippen LogP contribution is -2.36. The fraction of sp³-hybridized carbons (Fsp3) is 0.235. The Morgan fingerprint density at radius 1 is 0.950 bits per heavy atom. The van der Waals surface area contributed by atoms with Gasteiger partial charge in [-0.1, -0.05) is 60.7 Å². The van der Waals surface area contributed by atoms with Gasteiger partial charge in [0, 0.05) is 6.54 Å². The maximum Gasteiger partial charge on any atom is 0.320 e. The summed E-state index contributed by atoms with van der Waals surface area (Å²) in [5, 5.41) is 12.4. The van der Waals surface area contributed by atoms with Crippen molar-refractivity contribution in [2.75, 3.05) is 0 Å². The molecule has 2 aromatic carbocycles. The summed E-state index contributed by atoms with van der Waals surface area (Å²) in [7, 11) is 0. The number of aryl methyl sites for hydroxylation is 1. The van der Waals surface area contributed by atoms with E-state index in [1.54, 1.807) is 0 Å². The van der Waals surface area contributed by atoms with Gasteiger partial charge < -0.3 is 10.4 Å². The van der Waals surface area contributed by atoms with E-state index < -0.39 is 12.0 Å². The lowest BCUT2D eigenvalue weighted by Gasteiger charge is -2.14. The summed E-state index contributed by atoms with van der Waals surface area (Å²) < 4.78 is 0. The molecule has 0 aliphatic heterocycles. The molecule has 0 amide bonds. The normalized spacial score (nSPS) is 12.0. The Morgan fingerprint density at radius 3 is 2.05 bits per heavy atom. The molecule has 2 rings (SSSR count). The number of benzene rings is 2. The van der Waals surface area contributed by atoms with E-state index in [9.17, 15) is 9.90 Å². The third-order valence-electron chi connectivity index (χ3n) is 3.26. The fourth-order valence-corrected chi connectivity index (χ4v) is 2.11. The third kappa shape index (κ3) is 4.52. The van der Waals surface area contributed by atoms with Crippen LogP contribution in [-0.2, 0) is 17.8 Å². The van der Waals surface area contributed by atoms with Crippen molar-refractivity contribution in [3.8, 4) is 0 Å². The van der Waals surface area contributed by atoms with Gasteiger partial charge in [-0.05, 0) is 24.0 Å². The lowest BCUT2D eigenvalue weighted by molar-refractivity contribution is -0.139. The number of carboxylic acid groups (broad SMARTS) is 1. The molecule has 0 bridgehead atoms. The Labute approximate surface area is 119 Å². The minimum Gasteiger partial charge on any atom is -0.480 e. The quantitative estimate of drug-likeness (QED) is 0.812. The van der Waals surface area contributed by atoms with E-state index in [2.05, 4.69) is 5.32 Å². The first kappa shape index (κ1) is 14.3. The Morgan fingerprint density at radius 2 is 1.50 bits per heavy atom. The summed E-state index contributed by atoms with van der Waals surface area (Å²) in [6.45, 7) is 0.576. The summed E-state index contributed by atoms with van der Waals surface area (Å²) in [6, 6.07) is 19.3. The molecule has 3 nitrogen and oxygen atoms in total. The van der Waals surface area contributed by atoms with Crippen LogP contribution in [0.1, 0.15) is 17.5 Å². The molecule has 2 N–H and O–H groups in total. The predicted molar refractivity (Wildman–Crippen MR) is 79.5 cm³/mol. The molecule has 0 aliphatic carbocycles. The van der Waals surface area contributed by atoms with Crippen molar-refractivity contribution < 1.29 is 9.90 Å². The lowest BCUT2D eigenvalue weighted by atomic mass is 10.0. The van der Waals surface area contributed by atoms with Gasteiger partial charge in [0.1, 0.15) is 6.04 Å². The zero-order valence-electron chi connectivity index (χ0n) is 11.3. The first-order chi connectivity index (χ1) is 9.75. The molecule has 0 radical (unpaired) electrons. The number of carbonyl (C=O) groups is 1. The van der Waals surface area contributed by atoms with Gasteiger partial charge in [0.15, 0.2) is 0 Å². The molecule has 1 atom stereocenters. The van der Waals surface area contributed by atoms with Crippen LogP contribution in [0.4, 0.5) is 0 Å². The van der Waals surface area contributed by atoms with Crippen LogP contribution in [-0.4, -0.2) is 17.1 Å². The highest BCUT2D eigenvalue weighted by Gasteiger charge is 2.16. The van der Waals surface area contributed by atoms with E-state index in [1.807, 2.05) is 60.7 Å². The second-order valence-electron chi connectivity index (χ2n) is 4.78. The summed E-state index contributed by atoms with van der Waals surface area (Å²) >= 11 is 0. The van der Waals surface area contributed by atoms with E-state index in [-0.39, 0.29) is 0 Å². The predicted octanol–water partition coefficient (Wildman–Crippen LogP) is 2.86. The van der Waals surface area contributed by atoms with Crippen molar-refractivity contribution in [3.05, 3.63) is 71.8 Å². The molecule has 20 heavy (non-hydrogen) atoms. The molecule has 0 aromatic heterocycles. The molecule has 3 heteroatoms. The van der Waals surface area contributed by atoms with Crippen LogP contribution in [0.3, 0.4) is 0 Å². The molecule has 0 spiro atoms. The molecule has 0 unspecified atom stereocenters. The van der Waals surface area contributed by atoms with Crippen molar-refractivity contribution in [2.45, 2.75) is 25.4 Å². The molecule has 104 valence electrons. The highest BCUT2D eigenvalue weighted by atomic mass is 16.4. The molecule has 0 saturated carbocycles. The number of hydrogen-bond acceptors (Lipinski definition) is 2. The third-order valence-corrected chi connectivity index (χ3v) is 3.26. The Kier molecular flexibility index (Phi) is 5.33. The van der Waals surface area contributed by atoms with E-state index >= 15 is 0 Å². The van der Waals surface area contributed by atoms with Crippen LogP contribution in [0.2, 0.25) is 0 Å². The molecule has 0 saturated heterocycles. The molecular weight excluding hydrogens is 250 g/mol. The molecule has 0 aliphatic rings. The van der Waals surface area contributed by atoms with Crippen LogP contribution in [0.25, 0.3) is 0 Å². The van der Waals surface area contributed by atoms with Crippen molar-refractivity contribution in [3.63, 3.8) is 0 Å². The highest BCUT2D eigenvalue weighted by Crippen LogP contribution is 2.06. The largest absolute Gasteiger partial charge is 0.480 e. The zero-order valence-corrected chi connectivity index (χ0v) is 11.3. The second-order valence-corrected chi connectivity index (χ2v) is 4.78. The van der Waals surface area contributed by atoms with Gasteiger partial charge in [-0.25, -0.2) is 0 Å². The minimum absolute atomic E-state index is 0.518. The Hall–Kier alpha value is -2.13. The summed E-state index contributed by atoms with van der Waals surface area (Å²) in [4.78, 5) is 11.3. The SMILES string of the molecule is O=C(O)[C@H](CCc1ccccc1)NCc1ccccc1. The molecule has 2 aromatic rings. The minimum atomic E-state index is -0.795. The summed E-state index contributed by atoms with van der Waals surface area (Å²) in [5.41, 5.74) is 2.26. The molecule has 0 heterocycles. The highest BCUT2D eigenvalue weighted by molar-refractivity contribution is 5.73. The van der Waals surface area contributed by atoms with Crippen LogP contribution in [0, 0.1) is 0 Å². The number of carboxylic acids is 1. The second kappa shape index (κ2) is 7.46. The smallest absolute Gasteiger partial charge is 0.320 e. The standard InChI is InChI=1S/C17H19NO2/c19-17(20)16(12-11-14-7-3-1-4-8-14)18-13-15-9-5-2-6-10-15/h1-10,16,18H,11-13H2,(H,19,20)/t16-/m0/s1. The first-order valence-electron chi connectivity index (χ1n) is 6.80. The van der Waals surface area contributed by atoms with Gasteiger partial charge in [0.2, 0.25) is 0 Å². The van der Waals surface area contributed by atoms with Crippen LogP contribution in [0.5, 0.6) is 0 Å². The maximum absolute atomic E-state index is 11.3. The van der Waals surface area contributed by atoms with E-state index in [0.717, 1.165) is 12.0 Å². The first-order valence-corrected chi connectivity index (χ1v) is 6.80. The van der Waals surface area contributed by atoms with Crippen LogP contribution in [0.15, 0.2) is 60.7 Å². The maximum atomic E-state index is 11.3. The van der Waals surface area contributed by atoms with E-state index in [0.29, 0.717) is 13.0 Å². The fourth-order valence-electron chi connectivity index (χ4n) is 2.11. The molecular formula is C17H19NO2. The summed E-state index contributed by atoms with van der Waals surface area (Å²) in [6.07, 6.45) is 1.35. The Balaban J connectivity index is 1.86. The topological polar surface area (TPSA) is 49.3 Å². The Bertz CT molecular complexity index is 482. The van der Waals surface area contributed by atoms with E-state index in [1.165, 1.54) is 5.56 Å². The average molecular weight is 269 g/mol. The molecule has 0 fully saturated rings. The van der Waals surface area contributed by atoms with Gasteiger partial charge in [-0.15, -0.1) is 0 Å². The zero-order chi connectivity index (χ0) is 14.2. The van der Waals surface area contributed by atoms with Gasteiger partial charge in [-0.2, -0.15) is 0 Å². The number of hydrogen-bond donors (Lipinski definition) is 2. The van der Waals surface area contributed by atoms with Crippen molar-refractivity contribution in [2.24, 2.45) is 0 Å². The summed E-state index contributed by atoms with van der Waals surface area (Å²) in [5.74, 6) is -0.795. The van der Waals surface area contributed by atoms with Gasteiger partial charge in [0.05, 0.1) is 0 Å². The number of rotatable bonds is 7. The average Bonchev–Trinajstić information content (AvgIpc) is 2.49. The number of aliphatic carboxylic acids is 1. The van der Waals surface area contributed by atoms with Crippen molar-refractivity contribution in [1.29, 1.82) is 0 Å². The van der Waals surface area contributed by atoms with Gasteiger partial charge in [0.25, 0.3) is 0 Å². The van der Waals surface area contributed by atoms with Crippen LogP contribution < -0.4 is 5.32 Å². The van der Waals surface area contributed by atoms with Gasteiger partial charge >= 0.3 is 5.97 Å². The van der Waals surface area contributed by atoms with E-state index in [4.69, 9.17) is 0 Å². The van der Waals surface area contributed by atoms with Crippen LogP contribution >= 0.6 is 0 Å². The van der Waals surface area contributed by atoms with Crippen molar-refractivity contribution >= 4 is 5.97 Å². The van der Waals surface area contributed by atoms with Crippen molar-refractivity contribution in [1.82, 2.24) is 5.32 Å². The van der Waals surface area contributed by atoms with Gasteiger partial charge in [-0.3, -0.25) is 4.79 Å². The number of nitrogens with one attached hydrogen (secondary N) is 1.